The van der Waals surface area contributed by atoms with Gasteiger partial charge in [0.1, 0.15) is 28.3 Å². The fraction of sp³-hybridized carbons (Fsp3) is 0.524. The number of carboxylic acid groups (broad SMARTS) is 1. The summed E-state index contributed by atoms with van der Waals surface area (Å²) < 4.78 is 16.8. The Labute approximate surface area is 307 Å². The minimum atomic E-state index is -1.00. The molecule has 0 aromatic heterocycles. The van der Waals surface area contributed by atoms with Gasteiger partial charge in [0.2, 0.25) is 0 Å². The summed E-state index contributed by atoms with van der Waals surface area (Å²) in [5, 5.41) is 29.6. The Bertz CT molecular complexity index is 1570. The molecule has 3 N–H and O–H groups in total. The molecular weight excluding hydrogens is 664 g/mol. The maximum absolute atomic E-state index is 12.6. The fourth-order valence-electron chi connectivity index (χ4n) is 6.74. The Morgan fingerprint density at radius 3 is 1.42 bits per heavy atom. The topological polar surface area (TPSA) is 157 Å². The number of carboxylic acids is 1. The van der Waals surface area contributed by atoms with Gasteiger partial charge in [0.15, 0.2) is 0 Å². The maximum atomic E-state index is 12.6. The van der Waals surface area contributed by atoms with Crippen LogP contribution in [0.3, 0.4) is 0 Å². The first-order valence-corrected chi connectivity index (χ1v) is 18.4. The molecule has 0 amide bonds. The summed E-state index contributed by atoms with van der Waals surface area (Å²) in [4.78, 5) is 47.5. The maximum Gasteiger partial charge on any atom is 0.337 e. The van der Waals surface area contributed by atoms with Crippen LogP contribution in [0.1, 0.15) is 123 Å². The Kier molecular flexibility index (Phi) is 15.5. The second kappa shape index (κ2) is 19.3. The quantitative estimate of drug-likeness (QED) is 0.113. The zero-order valence-electron chi connectivity index (χ0n) is 31.4. The van der Waals surface area contributed by atoms with E-state index < -0.39 is 40.7 Å². The van der Waals surface area contributed by atoms with Crippen molar-refractivity contribution < 1.29 is 48.7 Å². The number of cyclic esters (lactones) is 2. The summed E-state index contributed by atoms with van der Waals surface area (Å²) in [5.41, 5.74) is 0.645. The van der Waals surface area contributed by atoms with E-state index in [4.69, 9.17) is 19.3 Å². The van der Waals surface area contributed by atoms with Crippen LogP contribution in [0.4, 0.5) is 0 Å². The van der Waals surface area contributed by atoms with Crippen molar-refractivity contribution in [3.63, 3.8) is 0 Å². The van der Waals surface area contributed by atoms with Crippen molar-refractivity contribution in [2.75, 3.05) is 0 Å². The highest BCUT2D eigenvalue weighted by molar-refractivity contribution is 5.91. The number of aliphatic hydroxyl groups is 2. The van der Waals surface area contributed by atoms with Gasteiger partial charge in [0, 0.05) is 25.7 Å². The fourth-order valence-corrected chi connectivity index (χ4v) is 6.74. The van der Waals surface area contributed by atoms with E-state index in [1.807, 2.05) is 74.5 Å². The van der Waals surface area contributed by atoms with Gasteiger partial charge in [0.25, 0.3) is 0 Å². The first-order chi connectivity index (χ1) is 24.6. The smallest absolute Gasteiger partial charge is 0.337 e. The van der Waals surface area contributed by atoms with Gasteiger partial charge in [-0.25, -0.2) is 9.59 Å². The van der Waals surface area contributed by atoms with Crippen molar-refractivity contribution in [2.24, 2.45) is 0 Å². The third-order valence-electron chi connectivity index (χ3n) is 9.21. The monoisotopic (exact) mass is 720 g/mol. The van der Waals surface area contributed by atoms with Crippen molar-refractivity contribution in [1.29, 1.82) is 0 Å². The minimum Gasteiger partial charge on any atom is -0.512 e. The lowest BCUT2D eigenvalue weighted by molar-refractivity contribution is -0.162. The van der Waals surface area contributed by atoms with E-state index in [1.165, 1.54) is 5.56 Å². The van der Waals surface area contributed by atoms with Crippen LogP contribution in [-0.2, 0) is 46.2 Å². The molecule has 2 aromatic carbocycles. The molecule has 284 valence electrons. The van der Waals surface area contributed by atoms with Gasteiger partial charge in [0.05, 0.1) is 11.1 Å². The first kappa shape index (κ1) is 41.8. The van der Waals surface area contributed by atoms with E-state index in [0.29, 0.717) is 32.1 Å². The number of carbonyl (C=O) groups excluding carboxylic acids is 3. The number of aliphatic carboxylic acids is 1. The molecule has 10 nitrogen and oxygen atoms in total. The van der Waals surface area contributed by atoms with Gasteiger partial charge >= 0.3 is 23.9 Å². The highest BCUT2D eigenvalue weighted by atomic mass is 16.6. The van der Waals surface area contributed by atoms with Crippen molar-refractivity contribution in [3.8, 4) is 0 Å². The first-order valence-electron chi connectivity index (χ1n) is 18.4. The molecule has 2 aromatic rings. The SMILES string of the molecule is CCC[C@@]1(CCc2ccccc2)CC(O)=C(CCC(=O)O)C(=O)O1.CCC[C@@]1(CCc2ccccc2)CC(O)=C(CCC(=O)OC(C)(C)C)C(=O)O1. The van der Waals surface area contributed by atoms with Crippen LogP contribution in [0.5, 0.6) is 0 Å². The predicted molar refractivity (Wildman–Crippen MR) is 197 cm³/mol. The number of carbonyl (C=O) groups is 4. The van der Waals surface area contributed by atoms with Crippen molar-refractivity contribution >= 4 is 23.9 Å². The lowest BCUT2D eigenvalue weighted by Crippen LogP contribution is -2.40. The van der Waals surface area contributed by atoms with E-state index in [1.54, 1.807) is 20.8 Å². The minimum absolute atomic E-state index is 0.000883. The summed E-state index contributed by atoms with van der Waals surface area (Å²) in [5.74, 6) is -2.47. The molecular formula is C42H56O10. The molecule has 2 heterocycles. The molecule has 2 aliphatic rings. The van der Waals surface area contributed by atoms with Gasteiger partial charge in [-0.15, -0.1) is 0 Å². The van der Waals surface area contributed by atoms with Crippen molar-refractivity contribution in [2.45, 2.75) is 141 Å². The van der Waals surface area contributed by atoms with E-state index >= 15 is 0 Å². The van der Waals surface area contributed by atoms with E-state index in [-0.39, 0.29) is 54.8 Å². The third kappa shape index (κ3) is 13.2. The van der Waals surface area contributed by atoms with E-state index in [2.05, 4.69) is 0 Å². The van der Waals surface area contributed by atoms with Crippen LogP contribution in [0.2, 0.25) is 0 Å². The van der Waals surface area contributed by atoms with Crippen molar-refractivity contribution in [1.82, 2.24) is 0 Å². The molecule has 2 atom stereocenters. The Morgan fingerprint density at radius 2 is 1.08 bits per heavy atom. The molecule has 0 saturated carbocycles. The summed E-state index contributed by atoms with van der Waals surface area (Å²) >= 11 is 0. The van der Waals surface area contributed by atoms with Crippen LogP contribution in [0.15, 0.2) is 83.3 Å². The highest BCUT2D eigenvalue weighted by Crippen LogP contribution is 2.39. The molecule has 10 heteroatoms. The molecule has 0 radical (unpaired) electrons. The molecule has 4 rings (SSSR count). The Hall–Kier alpha value is -4.60. The van der Waals surface area contributed by atoms with Gasteiger partial charge in [-0.05, 0) is 83.3 Å². The molecule has 0 spiro atoms. The standard InChI is InChI=1S/C23H32O5.C19H24O5/c1-5-14-23(15-13-17-9-7-6-8-10-17)16-19(24)18(21(26)28-23)11-12-20(25)27-22(2,3)4;1-2-11-19(12-10-14-6-4-3-5-7-14)13-16(20)15(18(23)24-19)8-9-17(21)22/h6-10,24H,5,11-16H2,1-4H3;3-7,20H,2,8-13H2,1H3,(H,21,22)/t23-;19-/m11/s1. The van der Waals surface area contributed by atoms with Crippen LogP contribution in [-0.4, -0.2) is 56.0 Å². The molecule has 0 aliphatic carbocycles. The number of aliphatic hydroxyl groups excluding tert-OH is 2. The van der Waals surface area contributed by atoms with Crippen LogP contribution in [0, 0.1) is 0 Å². The molecule has 0 bridgehead atoms. The Morgan fingerprint density at radius 1 is 0.673 bits per heavy atom. The van der Waals surface area contributed by atoms with Gasteiger partial charge in [-0.2, -0.15) is 0 Å². The number of benzene rings is 2. The van der Waals surface area contributed by atoms with E-state index in [9.17, 15) is 29.4 Å². The van der Waals surface area contributed by atoms with Gasteiger partial charge < -0.3 is 29.5 Å². The summed E-state index contributed by atoms with van der Waals surface area (Å²) in [6.45, 7) is 9.43. The molecule has 0 unspecified atom stereocenters. The lowest BCUT2D eigenvalue weighted by atomic mass is 9.83. The molecule has 0 fully saturated rings. The average molecular weight is 721 g/mol. The number of esters is 3. The number of hydrogen-bond acceptors (Lipinski definition) is 9. The predicted octanol–water partition coefficient (Wildman–Crippen LogP) is 8.82. The van der Waals surface area contributed by atoms with Crippen LogP contribution >= 0.6 is 0 Å². The molecule has 0 saturated heterocycles. The Balaban J connectivity index is 0.000000284. The summed E-state index contributed by atoms with van der Waals surface area (Å²) in [6.07, 6.45) is 6.38. The number of rotatable bonds is 16. The van der Waals surface area contributed by atoms with Crippen molar-refractivity contribution in [3.05, 3.63) is 94.5 Å². The summed E-state index contributed by atoms with van der Waals surface area (Å²) in [7, 11) is 0. The third-order valence-corrected chi connectivity index (χ3v) is 9.21. The lowest BCUT2D eigenvalue weighted by Gasteiger charge is -2.37. The second-order valence-electron chi connectivity index (χ2n) is 14.8. The van der Waals surface area contributed by atoms with E-state index in [0.717, 1.165) is 31.2 Å². The zero-order valence-corrected chi connectivity index (χ0v) is 31.4. The molecule has 52 heavy (non-hydrogen) atoms. The number of hydrogen-bond donors (Lipinski definition) is 3. The normalized spacial score (nSPS) is 20.4. The molecule has 2 aliphatic heterocycles. The zero-order chi connectivity index (χ0) is 38.4. The van der Waals surface area contributed by atoms with Crippen LogP contribution in [0.25, 0.3) is 0 Å². The van der Waals surface area contributed by atoms with Gasteiger partial charge in [-0.3, -0.25) is 9.59 Å². The summed E-state index contributed by atoms with van der Waals surface area (Å²) in [6, 6.07) is 20.0. The number of aryl methyl sites for hydroxylation is 2. The average Bonchev–Trinajstić information content (AvgIpc) is 3.06. The highest BCUT2D eigenvalue weighted by Gasteiger charge is 2.42. The number of ether oxygens (including phenoxy) is 3. The second-order valence-corrected chi connectivity index (χ2v) is 14.8. The van der Waals surface area contributed by atoms with Gasteiger partial charge in [-0.1, -0.05) is 87.4 Å². The largest absolute Gasteiger partial charge is 0.512 e. The van der Waals surface area contributed by atoms with Crippen LogP contribution < -0.4 is 0 Å².